The van der Waals surface area contributed by atoms with Gasteiger partial charge in [0.1, 0.15) is 0 Å². The van der Waals surface area contributed by atoms with Crippen molar-refractivity contribution in [2.45, 2.75) is 58.5 Å². The molecule has 0 amide bonds. The van der Waals surface area contributed by atoms with E-state index in [4.69, 9.17) is 5.73 Å². The molecule has 0 radical (unpaired) electrons. The molecule has 1 aromatic carbocycles. The van der Waals surface area contributed by atoms with Crippen LogP contribution < -0.4 is 11.1 Å². The van der Waals surface area contributed by atoms with E-state index >= 15 is 0 Å². The van der Waals surface area contributed by atoms with Gasteiger partial charge in [-0.2, -0.15) is 0 Å². The molecule has 1 saturated carbocycles. The minimum Gasteiger partial charge on any atom is -0.330 e. The predicted molar refractivity (Wildman–Crippen MR) is 86.6 cm³/mol. The lowest BCUT2D eigenvalue weighted by Gasteiger charge is -2.31. The summed E-state index contributed by atoms with van der Waals surface area (Å²) in [7, 11) is 0. The van der Waals surface area contributed by atoms with Crippen molar-refractivity contribution in [2.75, 3.05) is 6.54 Å². The molecule has 1 fully saturated rings. The average Bonchev–Trinajstić information content (AvgIpc) is 2.85. The number of nitrogens with one attached hydrogen (secondary N) is 1. The van der Waals surface area contributed by atoms with Crippen LogP contribution in [0.2, 0.25) is 0 Å². The molecule has 2 rings (SSSR count). The number of hydrogen-bond donors (Lipinski definition) is 2. The first-order chi connectivity index (χ1) is 9.49. The van der Waals surface area contributed by atoms with Gasteiger partial charge in [-0.3, -0.25) is 0 Å². The summed E-state index contributed by atoms with van der Waals surface area (Å²) < 4.78 is 0. The molecule has 0 spiro atoms. The van der Waals surface area contributed by atoms with E-state index in [1.165, 1.54) is 24.8 Å². The summed E-state index contributed by atoms with van der Waals surface area (Å²) >= 11 is 0. The molecule has 2 nitrogen and oxygen atoms in total. The Morgan fingerprint density at radius 2 is 1.90 bits per heavy atom. The summed E-state index contributed by atoms with van der Waals surface area (Å²) in [5.74, 6) is 0.654. The predicted octanol–water partition coefficient (Wildman–Crippen LogP) is 3.88. The van der Waals surface area contributed by atoms with Crippen LogP contribution in [0.4, 0.5) is 0 Å². The fraction of sp³-hybridized carbons (Fsp3) is 0.667. The third kappa shape index (κ3) is 4.32. The first kappa shape index (κ1) is 15.5. The highest BCUT2D eigenvalue weighted by molar-refractivity contribution is 5.19. The number of nitrogens with two attached hydrogens (primary N) is 1. The molecule has 1 aliphatic rings. The standard InChI is InChI=1S/C18H30N2/c1-18(2,3)12-17(14-8-5-4-6-9-14)20-16-11-7-10-15(16)13-19/h4-6,8-9,15-17,20H,7,10-13,19H2,1-3H3. The topological polar surface area (TPSA) is 38.0 Å². The van der Waals surface area contributed by atoms with E-state index in [9.17, 15) is 0 Å². The Morgan fingerprint density at radius 3 is 2.50 bits per heavy atom. The summed E-state index contributed by atoms with van der Waals surface area (Å²) in [5.41, 5.74) is 7.66. The highest BCUT2D eigenvalue weighted by Gasteiger charge is 2.29. The van der Waals surface area contributed by atoms with Gasteiger partial charge in [0, 0.05) is 12.1 Å². The van der Waals surface area contributed by atoms with Crippen molar-refractivity contribution in [3.05, 3.63) is 35.9 Å². The minimum atomic E-state index is 0.324. The number of benzene rings is 1. The van der Waals surface area contributed by atoms with Crippen LogP contribution in [0.1, 0.15) is 58.1 Å². The lowest BCUT2D eigenvalue weighted by Crippen LogP contribution is -2.39. The monoisotopic (exact) mass is 274 g/mol. The van der Waals surface area contributed by atoms with Crippen molar-refractivity contribution in [3.8, 4) is 0 Å². The Hall–Kier alpha value is -0.860. The van der Waals surface area contributed by atoms with Crippen LogP contribution in [-0.2, 0) is 0 Å². The SMILES string of the molecule is CC(C)(C)CC(NC1CCCC1CN)c1ccccc1. The van der Waals surface area contributed by atoms with Gasteiger partial charge >= 0.3 is 0 Å². The quantitative estimate of drug-likeness (QED) is 0.855. The van der Waals surface area contributed by atoms with E-state index in [1.54, 1.807) is 0 Å². The second-order valence-electron chi connectivity index (χ2n) is 7.43. The first-order valence-corrected chi connectivity index (χ1v) is 8.00. The maximum absolute atomic E-state index is 5.93. The summed E-state index contributed by atoms with van der Waals surface area (Å²) in [5, 5.41) is 3.91. The lowest BCUT2D eigenvalue weighted by atomic mass is 9.84. The van der Waals surface area contributed by atoms with Gasteiger partial charge < -0.3 is 11.1 Å². The summed E-state index contributed by atoms with van der Waals surface area (Å²) in [6.07, 6.45) is 5.03. The van der Waals surface area contributed by atoms with Gasteiger partial charge in [-0.25, -0.2) is 0 Å². The molecular weight excluding hydrogens is 244 g/mol. The van der Waals surface area contributed by atoms with Crippen LogP contribution in [0.25, 0.3) is 0 Å². The van der Waals surface area contributed by atoms with Crippen LogP contribution in [-0.4, -0.2) is 12.6 Å². The fourth-order valence-electron chi connectivity index (χ4n) is 3.37. The second kappa shape index (κ2) is 6.73. The van der Waals surface area contributed by atoms with Crippen molar-refractivity contribution >= 4 is 0 Å². The Balaban J connectivity index is 2.10. The number of rotatable bonds is 5. The Bertz CT molecular complexity index is 394. The van der Waals surface area contributed by atoms with Gasteiger partial charge in [0.15, 0.2) is 0 Å². The normalized spacial score (nSPS) is 24.8. The van der Waals surface area contributed by atoms with Crippen molar-refractivity contribution in [3.63, 3.8) is 0 Å². The Kier molecular flexibility index (Phi) is 5.22. The maximum Gasteiger partial charge on any atom is 0.0327 e. The molecule has 0 heterocycles. The van der Waals surface area contributed by atoms with Crippen LogP contribution in [0, 0.1) is 11.3 Å². The average molecular weight is 274 g/mol. The third-order valence-electron chi connectivity index (χ3n) is 4.40. The fourth-order valence-corrected chi connectivity index (χ4v) is 3.37. The second-order valence-corrected chi connectivity index (χ2v) is 7.43. The lowest BCUT2D eigenvalue weighted by molar-refractivity contribution is 0.274. The van der Waals surface area contributed by atoms with E-state index < -0.39 is 0 Å². The zero-order valence-corrected chi connectivity index (χ0v) is 13.2. The van der Waals surface area contributed by atoms with Gasteiger partial charge in [-0.1, -0.05) is 57.5 Å². The van der Waals surface area contributed by atoms with Crippen molar-refractivity contribution < 1.29 is 0 Å². The molecule has 3 unspecified atom stereocenters. The molecule has 1 aliphatic carbocycles. The molecule has 0 bridgehead atoms. The van der Waals surface area contributed by atoms with Crippen LogP contribution >= 0.6 is 0 Å². The smallest absolute Gasteiger partial charge is 0.0327 e. The molecule has 0 aliphatic heterocycles. The van der Waals surface area contributed by atoms with Gasteiger partial charge in [0.25, 0.3) is 0 Å². The van der Waals surface area contributed by atoms with Gasteiger partial charge in [0.2, 0.25) is 0 Å². The van der Waals surface area contributed by atoms with Crippen molar-refractivity contribution in [1.82, 2.24) is 5.32 Å². The van der Waals surface area contributed by atoms with Crippen LogP contribution in [0.5, 0.6) is 0 Å². The molecular formula is C18H30N2. The molecule has 20 heavy (non-hydrogen) atoms. The molecule has 112 valence electrons. The van der Waals surface area contributed by atoms with Gasteiger partial charge in [-0.05, 0) is 42.7 Å². The highest BCUT2D eigenvalue weighted by atomic mass is 15.0. The Morgan fingerprint density at radius 1 is 1.20 bits per heavy atom. The van der Waals surface area contributed by atoms with Crippen molar-refractivity contribution in [1.29, 1.82) is 0 Å². The first-order valence-electron chi connectivity index (χ1n) is 8.00. The third-order valence-corrected chi connectivity index (χ3v) is 4.40. The van der Waals surface area contributed by atoms with Crippen LogP contribution in [0.15, 0.2) is 30.3 Å². The molecule has 1 aromatic rings. The molecule has 3 atom stereocenters. The van der Waals surface area contributed by atoms with Gasteiger partial charge in [-0.15, -0.1) is 0 Å². The Labute approximate surface area is 124 Å². The largest absolute Gasteiger partial charge is 0.330 e. The van der Waals surface area contributed by atoms with E-state index in [0.717, 1.165) is 13.0 Å². The van der Waals surface area contributed by atoms with Gasteiger partial charge in [0.05, 0.1) is 0 Å². The van der Waals surface area contributed by atoms with Crippen molar-refractivity contribution in [2.24, 2.45) is 17.1 Å². The van der Waals surface area contributed by atoms with E-state index in [-0.39, 0.29) is 0 Å². The zero-order valence-electron chi connectivity index (χ0n) is 13.2. The van der Waals surface area contributed by atoms with Crippen LogP contribution in [0.3, 0.4) is 0 Å². The maximum atomic E-state index is 5.93. The molecule has 3 N–H and O–H groups in total. The summed E-state index contributed by atoms with van der Waals surface area (Å²) in [4.78, 5) is 0. The molecule has 0 saturated heterocycles. The zero-order chi connectivity index (χ0) is 14.6. The minimum absolute atomic E-state index is 0.324. The van der Waals surface area contributed by atoms with E-state index in [0.29, 0.717) is 23.4 Å². The number of hydrogen-bond acceptors (Lipinski definition) is 2. The molecule has 0 aromatic heterocycles. The highest BCUT2D eigenvalue weighted by Crippen LogP contribution is 2.33. The van der Waals surface area contributed by atoms with E-state index in [2.05, 4.69) is 56.4 Å². The van der Waals surface area contributed by atoms with E-state index in [1.807, 2.05) is 0 Å². The summed E-state index contributed by atoms with van der Waals surface area (Å²) in [6.45, 7) is 7.77. The molecule has 2 heteroatoms. The summed E-state index contributed by atoms with van der Waals surface area (Å²) in [6, 6.07) is 11.9.